The molecule has 4 heterocycles. The van der Waals surface area contributed by atoms with Gasteiger partial charge in [-0.15, -0.1) is 0 Å². The van der Waals surface area contributed by atoms with Crippen molar-refractivity contribution in [2.75, 3.05) is 39.3 Å². The molecule has 9 nitrogen and oxygen atoms in total. The Morgan fingerprint density at radius 1 is 0.880 bits per heavy atom. The number of nitrogens with zero attached hydrogens (tertiary/aromatic N) is 2. The molecule has 0 bridgehead atoms. The Hall–Kier alpha value is -1.58. The van der Waals surface area contributed by atoms with Crippen LogP contribution in [0.2, 0.25) is 0 Å². The molecule has 0 aromatic heterocycles. The van der Waals surface area contributed by atoms with Crippen molar-refractivity contribution >= 4 is 12.2 Å². The van der Waals surface area contributed by atoms with E-state index in [-0.39, 0.29) is 17.6 Å². The van der Waals surface area contributed by atoms with E-state index >= 15 is 0 Å². The standard InChI is InChI=1S/2C6H10N2O2.C4H11N/c2*9-6(10)8-3-4-1-7-2-5(4)8;1-4(2,3)5/h2*4-5,7H,1-3H2,(H,9,10);5H2,1-3H3/t2*4-,5-;/m11./s1. The second-order valence-corrected chi connectivity index (χ2v) is 8.21. The Labute approximate surface area is 148 Å². The SMILES string of the molecule is CC(C)(C)N.O=C(O)N1C[C@H]2CNC[C@H]21.O=C(O)N1C[C@H]2CNC[C@H]21. The van der Waals surface area contributed by atoms with E-state index in [1.807, 2.05) is 20.8 Å². The van der Waals surface area contributed by atoms with Gasteiger partial charge in [0, 0.05) is 56.6 Å². The van der Waals surface area contributed by atoms with E-state index < -0.39 is 12.2 Å². The Morgan fingerprint density at radius 2 is 1.20 bits per heavy atom. The molecule has 4 atom stereocenters. The number of likely N-dealkylation sites (tertiary alicyclic amines) is 2. The van der Waals surface area contributed by atoms with Crippen LogP contribution >= 0.6 is 0 Å². The molecule has 2 amide bonds. The zero-order chi connectivity index (χ0) is 18.8. The Bertz CT molecular complexity index is 451. The smallest absolute Gasteiger partial charge is 0.407 e. The molecule has 0 aromatic rings. The summed E-state index contributed by atoms with van der Waals surface area (Å²) in [4.78, 5) is 23.9. The van der Waals surface area contributed by atoms with Gasteiger partial charge in [-0.25, -0.2) is 9.59 Å². The van der Waals surface area contributed by atoms with E-state index in [1.165, 1.54) is 9.80 Å². The summed E-state index contributed by atoms with van der Waals surface area (Å²) in [6, 6.07) is 0.551. The van der Waals surface area contributed by atoms with Gasteiger partial charge in [0.25, 0.3) is 0 Å². The molecule has 0 radical (unpaired) electrons. The Morgan fingerprint density at radius 3 is 1.44 bits per heavy atom. The predicted molar refractivity (Wildman–Crippen MR) is 93.7 cm³/mol. The van der Waals surface area contributed by atoms with Crippen LogP contribution in [0.5, 0.6) is 0 Å². The average molecular weight is 357 g/mol. The Balaban J connectivity index is 0.000000144. The van der Waals surface area contributed by atoms with Crippen molar-refractivity contribution < 1.29 is 19.8 Å². The zero-order valence-corrected chi connectivity index (χ0v) is 15.2. The quantitative estimate of drug-likeness (QED) is 0.408. The third-order valence-corrected chi connectivity index (χ3v) is 4.76. The van der Waals surface area contributed by atoms with Crippen molar-refractivity contribution in [3.8, 4) is 0 Å². The van der Waals surface area contributed by atoms with Crippen molar-refractivity contribution in [1.82, 2.24) is 20.4 Å². The molecule has 4 aliphatic rings. The van der Waals surface area contributed by atoms with Crippen LogP contribution in [0.15, 0.2) is 0 Å². The highest BCUT2D eigenvalue weighted by atomic mass is 16.4. The van der Waals surface area contributed by atoms with E-state index in [0.717, 1.165) is 39.3 Å². The van der Waals surface area contributed by atoms with Gasteiger partial charge in [-0.3, -0.25) is 0 Å². The number of hydrogen-bond acceptors (Lipinski definition) is 5. The molecule has 0 aromatic carbocycles. The van der Waals surface area contributed by atoms with E-state index in [1.54, 1.807) is 0 Å². The van der Waals surface area contributed by atoms with Crippen LogP contribution in [0, 0.1) is 11.8 Å². The Kier molecular flexibility index (Phi) is 6.12. The first-order chi connectivity index (χ1) is 11.6. The minimum atomic E-state index is -0.773. The van der Waals surface area contributed by atoms with Gasteiger partial charge in [0.2, 0.25) is 0 Å². The number of nitrogens with two attached hydrogens (primary N) is 1. The van der Waals surface area contributed by atoms with Gasteiger partial charge in [0.05, 0.1) is 12.1 Å². The van der Waals surface area contributed by atoms with Crippen LogP contribution in [0.1, 0.15) is 20.8 Å². The van der Waals surface area contributed by atoms with Crippen LogP contribution in [-0.4, -0.2) is 89.1 Å². The third kappa shape index (κ3) is 5.20. The van der Waals surface area contributed by atoms with Gasteiger partial charge in [-0.05, 0) is 20.8 Å². The number of nitrogens with one attached hydrogen (secondary N) is 2. The fourth-order valence-electron chi connectivity index (χ4n) is 3.48. The topological polar surface area (TPSA) is 131 Å². The number of amides is 2. The van der Waals surface area contributed by atoms with Crippen LogP contribution in [0.4, 0.5) is 9.59 Å². The maximum atomic E-state index is 10.4. The summed E-state index contributed by atoms with van der Waals surface area (Å²) in [6.07, 6.45) is -1.55. The van der Waals surface area contributed by atoms with Crippen LogP contribution in [0.3, 0.4) is 0 Å². The monoisotopic (exact) mass is 357 g/mol. The highest BCUT2D eigenvalue weighted by Gasteiger charge is 2.45. The molecule has 4 fully saturated rings. The first kappa shape index (κ1) is 19.7. The summed E-state index contributed by atoms with van der Waals surface area (Å²) in [5, 5.41) is 23.5. The molecule has 4 aliphatic heterocycles. The lowest BCUT2D eigenvalue weighted by molar-refractivity contribution is 0.0501. The predicted octanol–water partition coefficient (Wildman–Crippen LogP) is -0.120. The van der Waals surface area contributed by atoms with E-state index in [4.69, 9.17) is 15.9 Å². The maximum absolute atomic E-state index is 10.4. The number of carboxylic acid groups (broad SMARTS) is 2. The number of carbonyl (C=O) groups is 2. The summed E-state index contributed by atoms with van der Waals surface area (Å²) in [7, 11) is 0. The molecule has 144 valence electrons. The molecule has 0 aliphatic carbocycles. The number of fused-ring (bicyclic) bond motifs is 2. The maximum Gasteiger partial charge on any atom is 0.407 e. The number of hydrogen-bond donors (Lipinski definition) is 5. The molecule has 0 spiro atoms. The van der Waals surface area contributed by atoms with E-state index in [2.05, 4.69) is 10.6 Å². The first-order valence-electron chi connectivity index (χ1n) is 8.77. The van der Waals surface area contributed by atoms with Crippen molar-refractivity contribution in [2.24, 2.45) is 17.6 Å². The van der Waals surface area contributed by atoms with Crippen molar-refractivity contribution in [3.63, 3.8) is 0 Å². The summed E-state index contributed by atoms with van der Waals surface area (Å²) >= 11 is 0. The first-order valence-corrected chi connectivity index (χ1v) is 8.77. The molecule has 0 unspecified atom stereocenters. The van der Waals surface area contributed by atoms with Gasteiger partial charge in [-0.2, -0.15) is 0 Å². The molecule has 9 heteroatoms. The zero-order valence-electron chi connectivity index (χ0n) is 15.2. The minimum Gasteiger partial charge on any atom is -0.465 e. The van der Waals surface area contributed by atoms with Crippen molar-refractivity contribution in [1.29, 1.82) is 0 Å². The van der Waals surface area contributed by atoms with Gasteiger partial charge < -0.3 is 36.4 Å². The normalized spacial score (nSPS) is 32.0. The lowest BCUT2D eigenvalue weighted by Crippen LogP contribution is -2.57. The van der Waals surface area contributed by atoms with E-state index in [9.17, 15) is 9.59 Å². The second kappa shape index (κ2) is 7.76. The molecular formula is C16H31N5O4. The summed E-state index contributed by atoms with van der Waals surface area (Å²) in [6.45, 7) is 11.0. The molecular weight excluding hydrogens is 326 g/mol. The van der Waals surface area contributed by atoms with Crippen molar-refractivity contribution in [3.05, 3.63) is 0 Å². The van der Waals surface area contributed by atoms with Gasteiger partial charge in [0.15, 0.2) is 0 Å². The largest absolute Gasteiger partial charge is 0.465 e. The molecule has 4 rings (SSSR count). The molecule has 0 saturated carbocycles. The molecule has 6 N–H and O–H groups in total. The van der Waals surface area contributed by atoms with Crippen LogP contribution in [0.25, 0.3) is 0 Å². The summed E-state index contributed by atoms with van der Waals surface area (Å²) in [5.74, 6) is 1.19. The molecule has 4 saturated heterocycles. The summed E-state index contributed by atoms with van der Waals surface area (Å²) < 4.78 is 0. The number of rotatable bonds is 0. The van der Waals surface area contributed by atoms with Crippen molar-refractivity contribution in [2.45, 2.75) is 38.4 Å². The minimum absolute atomic E-state index is 0. The molecule has 25 heavy (non-hydrogen) atoms. The lowest BCUT2D eigenvalue weighted by Gasteiger charge is -2.41. The van der Waals surface area contributed by atoms with Gasteiger partial charge >= 0.3 is 12.2 Å². The highest BCUT2D eigenvalue weighted by Crippen LogP contribution is 2.27. The lowest BCUT2D eigenvalue weighted by atomic mass is 9.93. The fraction of sp³-hybridized carbons (Fsp3) is 0.875. The van der Waals surface area contributed by atoms with Gasteiger partial charge in [0.1, 0.15) is 0 Å². The van der Waals surface area contributed by atoms with Crippen LogP contribution in [-0.2, 0) is 0 Å². The van der Waals surface area contributed by atoms with E-state index in [0.29, 0.717) is 11.8 Å². The highest BCUT2D eigenvalue weighted by molar-refractivity contribution is 5.67. The van der Waals surface area contributed by atoms with Crippen LogP contribution < -0.4 is 16.4 Å². The third-order valence-electron chi connectivity index (χ3n) is 4.76. The average Bonchev–Trinajstić information content (AvgIpc) is 2.92. The second-order valence-electron chi connectivity index (χ2n) is 8.21. The fourth-order valence-corrected chi connectivity index (χ4v) is 3.48. The van der Waals surface area contributed by atoms with Gasteiger partial charge in [-0.1, -0.05) is 0 Å². The summed E-state index contributed by atoms with van der Waals surface area (Å²) in [5.41, 5.74) is 5.35.